The quantitative estimate of drug-likeness (QED) is 0.860. The minimum Gasteiger partial charge on any atom is -0.378 e. The molecule has 1 fully saturated rings. The van der Waals surface area contributed by atoms with E-state index in [4.69, 9.17) is 4.74 Å². The number of thiazole rings is 1. The molecule has 0 N–H and O–H groups in total. The lowest BCUT2D eigenvalue weighted by Gasteiger charge is -2.33. The number of aromatic nitrogens is 3. The highest BCUT2D eigenvalue weighted by molar-refractivity contribution is 7.09. The maximum absolute atomic E-state index is 5.59. The van der Waals surface area contributed by atoms with E-state index in [1.54, 1.807) is 11.3 Å². The van der Waals surface area contributed by atoms with Crippen LogP contribution in [0.15, 0.2) is 10.8 Å². The van der Waals surface area contributed by atoms with Crippen molar-refractivity contribution in [3.63, 3.8) is 0 Å². The van der Waals surface area contributed by atoms with Gasteiger partial charge in [0.05, 0.1) is 24.9 Å². The molecular formula is C11H14N4OS2. The fourth-order valence-corrected chi connectivity index (χ4v) is 3.40. The molecule has 3 rings (SSSR count). The van der Waals surface area contributed by atoms with E-state index < -0.39 is 0 Å². The summed E-state index contributed by atoms with van der Waals surface area (Å²) in [6, 6.07) is 0.249. The zero-order valence-electron chi connectivity index (χ0n) is 10.1. The minimum atomic E-state index is 0.249. The zero-order valence-corrected chi connectivity index (χ0v) is 11.7. The molecule has 0 aromatic carbocycles. The molecule has 18 heavy (non-hydrogen) atoms. The monoisotopic (exact) mass is 282 g/mol. The lowest BCUT2D eigenvalue weighted by molar-refractivity contribution is -0.0133. The van der Waals surface area contributed by atoms with E-state index in [1.807, 2.05) is 12.3 Å². The van der Waals surface area contributed by atoms with Crippen molar-refractivity contribution < 1.29 is 4.74 Å². The van der Waals surface area contributed by atoms with Gasteiger partial charge in [-0.05, 0) is 18.5 Å². The smallest absolute Gasteiger partial charge is 0.112 e. The molecule has 0 spiro atoms. The van der Waals surface area contributed by atoms with E-state index in [-0.39, 0.29) is 6.04 Å². The molecule has 0 unspecified atom stereocenters. The summed E-state index contributed by atoms with van der Waals surface area (Å²) in [4.78, 5) is 6.95. The van der Waals surface area contributed by atoms with Gasteiger partial charge >= 0.3 is 0 Å². The number of ether oxygens (including phenoxy) is 1. The SMILES string of the molecule is Cc1csc([C@H]2COCCN2Cc2csnn2)n1. The fourth-order valence-electron chi connectivity index (χ4n) is 2.04. The van der Waals surface area contributed by atoms with Crippen molar-refractivity contribution >= 4 is 22.9 Å². The largest absolute Gasteiger partial charge is 0.378 e. The Morgan fingerprint density at radius 3 is 3.17 bits per heavy atom. The summed E-state index contributed by atoms with van der Waals surface area (Å²) in [5.74, 6) is 0. The normalized spacial score (nSPS) is 21.3. The third-order valence-corrected chi connectivity index (χ3v) is 4.55. The van der Waals surface area contributed by atoms with Crippen molar-refractivity contribution in [2.24, 2.45) is 0 Å². The van der Waals surface area contributed by atoms with E-state index >= 15 is 0 Å². The first kappa shape index (κ1) is 12.2. The van der Waals surface area contributed by atoms with E-state index in [0.29, 0.717) is 6.61 Å². The highest BCUT2D eigenvalue weighted by Gasteiger charge is 2.27. The van der Waals surface area contributed by atoms with Crippen LogP contribution in [0.4, 0.5) is 0 Å². The first-order valence-electron chi connectivity index (χ1n) is 5.82. The standard InChI is InChI=1S/C11H14N4OS2/c1-8-6-17-11(12-8)10-5-16-3-2-15(10)4-9-7-18-14-13-9/h6-7,10H,2-5H2,1H3/t10-/m1/s1. The molecule has 2 aromatic heterocycles. The third kappa shape index (κ3) is 2.59. The Morgan fingerprint density at radius 2 is 2.44 bits per heavy atom. The number of rotatable bonds is 3. The predicted molar refractivity (Wildman–Crippen MR) is 70.7 cm³/mol. The number of hydrogen-bond acceptors (Lipinski definition) is 7. The summed E-state index contributed by atoms with van der Waals surface area (Å²) in [5.41, 5.74) is 2.11. The lowest BCUT2D eigenvalue weighted by Crippen LogP contribution is -2.39. The van der Waals surface area contributed by atoms with Crippen molar-refractivity contribution in [3.8, 4) is 0 Å². The average Bonchev–Trinajstić information content (AvgIpc) is 3.02. The second-order valence-electron chi connectivity index (χ2n) is 4.28. The Balaban J connectivity index is 1.77. The summed E-state index contributed by atoms with van der Waals surface area (Å²) in [6.07, 6.45) is 0. The van der Waals surface area contributed by atoms with Gasteiger partial charge in [0.1, 0.15) is 5.01 Å². The van der Waals surface area contributed by atoms with E-state index in [0.717, 1.165) is 36.1 Å². The summed E-state index contributed by atoms with van der Waals surface area (Å²) >= 11 is 3.10. The highest BCUT2D eigenvalue weighted by atomic mass is 32.1. The van der Waals surface area contributed by atoms with Gasteiger partial charge < -0.3 is 4.74 Å². The van der Waals surface area contributed by atoms with E-state index in [2.05, 4.69) is 24.9 Å². The molecule has 0 radical (unpaired) electrons. The van der Waals surface area contributed by atoms with E-state index in [9.17, 15) is 0 Å². The minimum absolute atomic E-state index is 0.249. The van der Waals surface area contributed by atoms with Crippen LogP contribution in [0.5, 0.6) is 0 Å². The van der Waals surface area contributed by atoms with Crippen LogP contribution < -0.4 is 0 Å². The molecular weight excluding hydrogens is 268 g/mol. The van der Waals surface area contributed by atoms with Crippen molar-refractivity contribution in [1.29, 1.82) is 0 Å². The molecule has 1 aliphatic heterocycles. The van der Waals surface area contributed by atoms with Crippen molar-refractivity contribution in [2.75, 3.05) is 19.8 Å². The van der Waals surface area contributed by atoms with Gasteiger partial charge in [0.15, 0.2) is 0 Å². The van der Waals surface area contributed by atoms with Crippen LogP contribution in [-0.2, 0) is 11.3 Å². The predicted octanol–water partition coefficient (Wildman–Crippen LogP) is 1.88. The molecule has 7 heteroatoms. The maximum atomic E-state index is 5.59. The fraction of sp³-hybridized carbons (Fsp3) is 0.545. The first-order chi connectivity index (χ1) is 8.83. The lowest BCUT2D eigenvalue weighted by atomic mass is 10.2. The average molecular weight is 282 g/mol. The molecule has 0 bridgehead atoms. The van der Waals surface area contributed by atoms with Gasteiger partial charge in [-0.3, -0.25) is 4.90 Å². The zero-order chi connectivity index (χ0) is 12.4. The van der Waals surface area contributed by atoms with Crippen LogP contribution in [0.1, 0.15) is 22.4 Å². The molecule has 0 saturated carbocycles. The molecule has 5 nitrogen and oxygen atoms in total. The van der Waals surface area contributed by atoms with Gasteiger partial charge in [-0.25, -0.2) is 4.98 Å². The number of morpholine rings is 1. The van der Waals surface area contributed by atoms with Gasteiger partial charge in [-0.1, -0.05) is 4.49 Å². The van der Waals surface area contributed by atoms with Crippen LogP contribution in [0.2, 0.25) is 0 Å². The summed E-state index contributed by atoms with van der Waals surface area (Å²) < 4.78 is 9.50. The Morgan fingerprint density at radius 1 is 1.50 bits per heavy atom. The van der Waals surface area contributed by atoms with Crippen LogP contribution in [-0.4, -0.2) is 39.2 Å². The maximum Gasteiger partial charge on any atom is 0.112 e. The number of aryl methyl sites for hydroxylation is 1. The topological polar surface area (TPSA) is 51.1 Å². The Hall–Kier alpha value is -0.890. The van der Waals surface area contributed by atoms with E-state index in [1.165, 1.54) is 11.5 Å². The first-order valence-corrected chi connectivity index (χ1v) is 7.54. The van der Waals surface area contributed by atoms with Gasteiger partial charge in [0.2, 0.25) is 0 Å². The second-order valence-corrected chi connectivity index (χ2v) is 5.78. The number of hydrogen-bond donors (Lipinski definition) is 0. The van der Waals surface area contributed by atoms with Gasteiger partial charge in [0, 0.05) is 29.5 Å². The summed E-state index contributed by atoms with van der Waals surface area (Å²) in [6.45, 7) is 5.26. The van der Waals surface area contributed by atoms with Crippen LogP contribution >= 0.6 is 22.9 Å². The Kier molecular flexibility index (Phi) is 3.64. The van der Waals surface area contributed by atoms with Crippen LogP contribution in [0.25, 0.3) is 0 Å². The second kappa shape index (κ2) is 5.40. The van der Waals surface area contributed by atoms with Crippen LogP contribution in [0, 0.1) is 6.92 Å². The molecule has 2 aromatic rings. The highest BCUT2D eigenvalue weighted by Crippen LogP contribution is 2.28. The number of nitrogens with zero attached hydrogens (tertiary/aromatic N) is 4. The molecule has 1 saturated heterocycles. The molecule has 3 heterocycles. The molecule has 1 aliphatic rings. The molecule has 96 valence electrons. The van der Waals surface area contributed by atoms with Gasteiger partial charge in [-0.15, -0.1) is 16.4 Å². The molecule has 0 amide bonds. The third-order valence-electron chi connectivity index (χ3n) is 2.93. The van der Waals surface area contributed by atoms with Crippen molar-refractivity contribution in [3.05, 3.63) is 27.2 Å². The molecule has 0 aliphatic carbocycles. The summed E-state index contributed by atoms with van der Waals surface area (Å²) in [5, 5.41) is 9.34. The summed E-state index contributed by atoms with van der Waals surface area (Å²) in [7, 11) is 0. The van der Waals surface area contributed by atoms with Crippen molar-refractivity contribution in [1.82, 2.24) is 19.5 Å². The van der Waals surface area contributed by atoms with Gasteiger partial charge in [0.25, 0.3) is 0 Å². The Labute approximate surface area is 114 Å². The van der Waals surface area contributed by atoms with Gasteiger partial charge in [-0.2, -0.15) is 0 Å². The van der Waals surface area contributed by atoms with Crippen LogP contribution in [0.3, 0.4) is 0 Å². The Bertz CT molecular complexity index is 499. The van der Waals surface area contributed by atoms with Crippen molar-refractivity contribution in [2.45, 2.75) is 19.5 Å². The molecule has 1 atom stereocenters.